The summed E-state index contributed by atoms with van der Waals surface area (Å²) in [5, 5.41) is 6.20. The average Bonchev–Trinajstić information content (AvgIpc) is 2.77. The van der Waals surface area contributed by atoms with Gasteiger partial charge < -0.3 is 15.4 Å². The largest absolute Gasteiger partial charge is 0.497 e. The number of benzene rings is 1. The molecule has 1 rings (SSSR count). The summed E-state index contributed by atoms with van der Waals surface area (Å²) in [5.41, 5.74) is 1.15. The lowest BCUT2D eigenvalue weighted by Gasteiger charge is -2.08. The zero-order chi connectivity index (χ0) is 21.7. The van der Waals surface area contributed by atoms with E-state index >= 15 is 0 Å². The molecule has 0 aliphatic rings. The van der Waals surface area contributed by atoms with Crippen LogP contribution in [0.2, 0.25) is 0 Å². The van der Waals surface area contributed by atoms with Crippen molar-refractivity contribution in [2.24, 2.45) is 0 Å². The number of ether oxygens (including phenoxy) is 1. The van der Waals surface area contributed by atoms with Crippen molar-refractivity contribution in [2.75, 3.05) is 20.2 Å². The highest BCUT2D eigenvalue weighted by molar-refractivity contribution is 5.77. The first-order chi connectivity index (χ1) is 14.8. The van der Waals surface area contributed by atoms with Gasteiger partial charge in [0, 0.05) is 13.1 Å². The Morgan fingerprint density at radius 1 is 0.767 bits per heavy atom. The molecule has 0 spiro atoms. The van der Waals surface area contributed by atoms with Crippen molar-refractivity contribution in [3.8, 4) is 5.75 Å². The van der Waals surface area contributed by atoms with E-state index in [1.165, 1.54) is 83.5 Å². The highest BCUT2D eigenvalue weighted by atomic mass is 16.5. The fourth-order valence-electron chi connectivity index (χ4n) is 3.67. The second-order valence-corrected chi connectivity index (χ2v) is 8.40. The van der Waals surface area contributed by atoms with E-state index in [0.717, 1.165) is 24.3 Å². The normalized spacial score (nSPS) is 10.9. The number of carbonyl (C=O) groups excluding carboxylic acids is 1. The van der Waals surface area contributed by atoms with Gasteiger partial charge in [0.2, 0.25) is 5.91 Å². The lowest BCUT2D eigenvalue weighted by molar-refractivity contribution is -0.120. The molecule has 0 aromatic heterocycles. The number of methoxy groups -OCH3 is 1. The van der Waals surface area contributed by atoms with Gasteiger partial charge in [-0.05, 0) is 24.1 Å². The topological polar surface area (TPSA) is 50.4 Å². The van der Waals surface area contributed by atoms with Crippen LogP contribution in [0, 0.1) is 0 Å². The lowest BCUT2D eigenvalue weighted by atomic mass is 10.0. The molecule has 0 fully saturated rings. The first kappa shape index (κ1) is 26.5. The molecule has 1 aromatic carbocycles. The third-order valence-electron chi connectivity index (χ3n) is 5.63. The number of nitrogens with one attached hydrogen (secondary N) is 2. The zero-order valence-electron chi connectivity index (χ0n) is 19.6. The van der Waals surface area contributed by atoms with Crippen LogP contribution >= 0.6 is 0 Å². The fraction of sp³-hybridized carbons (Fsp3) is 0.731. The van der Waals surface area contributed by atoms with E-state index in [1.807, 2.05) is 24.3 Å². The molecule has 4 heteroatoms. The Bertz CT molecular complexity index is 516. The number of amides is 1. The van der Waals surface area contributed by atoms with Crippen LogP contribution in [0.3, 0.4) is 0 Å². The van der Waals surface area contributed by atoms with E-state index in [-0.39, 0.29) is 5.91 Å². The predicted molar refractivity (Wildman–Crippen MR) is 128 cm³/mol. The molecular formula is C26H46N2O2. The first-order valence-electron chi connectivity index (χ1n) is 12.4. The minimum absolute atomic E-state index is 0.0817. The second kappa shape index (κ2) is 19.4. The number of unbranched alkanes of at least 4 members (excludes halogenated alkanes) is 13. The predicted octanol–water partition coefficient (Wildman–Crippen LogP) is 6.38. The van der Waals surface area contributed by atoms with Crippen LogP contribution < -0.4 is 15.4 Å². The van der Waals surface area contributed by atoms with Crippen LogP contribution in [0.4, 0.5) is 0 Å². The van der Waals surface area contributed by atoms with Gasteiger partial charge in [-0.1, -0.05) is 103 Å². The molecule has 0 bridgehead atoms. The quantitative estimate of drug-likeness (QED) is 0.241. The van der Waals surface area contributed by atoms with Gasteiger partial charge >= 0.3 is 0 Å². The Balaban J connectivity index is 1.81. The maximum atomic E-state index is 11.9. The number of rotatable bonds is 20. The molecule has 0 aliphatic heterocycles. The van der Waals surface area contributed by atoms with Gasteiger partial charge in [0.25, 0.3) is 0 Å². The molecule has 4 nitrogen and oxygen atoms in total. The van der Waals surface area contributed by atoms with Crippen LogP contribution in [0.15, 0.2) is 24.3 Å². The van der Waals surface area contributed by atoms with Gasteiger partial charge in [-0.3, -0.25) is 4.79 Å². The molecule has 1 aromatic rings. The van der Waals surface area contributed by atoms with Crippen molar-refractivity contribution in [1.29, 1.82) is 0 Å². The average molecular weight is 419 g/mol. The monoisotopic (exact) mass is 418 g/mol. The van der Waals surface area contributed by atoms with Crippen LogP contribution in [-0.4, -0.2) is 26.1 Å². The summed E-state index contributed by atoms with van der Waals surface area (Å²) in [7, 11) is 1.66. The summed E-state index contributed by atoms with van der Waals surface area (Å²) in [6, 6.07) is 7.90. The molecule has 0 saturated heterocycles. The van der Waals surface area contributed by atoms with E-state index in [1.54, 1.807) is 7.11 Å². The number of carbonyl (C=O) groups is 1. The van der Waals surface area contributed by atoms with E-state index in [9.17, 15) is 4.79 Å². The van der Waals surface area contributed by atoms with E-state index in [0.29, 0.717) is 13.1 Å². The molecule has 0 atom stereocenters. The molecule has 0 unspecified atom stereocenters. The number of hydrogen-bond donors (Lipinski definition) is 2. The highest BCUT2D eigenvalue weighted by Gasteiger charge is 2.01. The Labute approximate surface area is 185 Å². The van der Waals surface area contributed by atoms with Gasteiger partial charge in [0.1, 0.15) is 5.75 Å². The van der Waals surface area contributed by atoms with Crippen molar-refractivity contribution in [3.05, 3.63) is 29.8 Å². The Hall–Kier alpha value is -1.55. The van der Waals surface area contributed by atoms with Crippen LogP contribution in [-0.2, 0) is 11.3 Å². The van der Waals surface area contributed by atoms with E-state index in [4.69, 9.17) is 4.74 Å². The maximum Gasteiger partial charge on any atom is 0.233 e. The summed E-state index contributed by atoms with van der Waals surface area (Å²) in [6.45, 7) is 4.13. The molecule has 0 aliphatic carbocycles. The van der Waals surface area contributed by atoms with Gasteiger partial charge in [-0.25, -0.2) is 0 Å². The minimum Gasteiger partial charge on any atom is -0.497 e. The molecule has 1 amide bonds. The highest BCUT2D eigenvalue weighted by Crippen LogP contribution is 2.13. The second-order valence-electron chi connectivity index (χ2n) is 8.40. The molecule has 2 N–H and O–H groups in total. The molecule has 0 saturated carbocycles. The summed E-state index contributed by atoms with van der Waals surface area (Å²) in [4.78, 5) is 11.9. The molecule has 0 radical (unpaired) electrons. The Morgan fingerprint density at radius 3 is 1.77 bits per heavy atom. The molecular weight excluding hydrogens is 372 g/mol. The van der Waals surface area contributed by atoms with E-state index < -0.39 is 0 Å². The van der Waals surface area contributed by atoms with Crippen LogP contribution in [0.25, 0.3) is 0 Å². The standard InChI is InChI=1S/C26H46N2O2/c1-3-4-5-6-7-8-9-10-11-12-13-14-15-16-21-28-26(29)23-27-22-24-17-19-25(30-2)20-18-24/h17-20,27H,3-16,21-23H2,1-2H3,(H,28,29). The third kappa shape index (κ3) is 15.3. The van der Waals surface area contributed by atoms with Crippen molar-refractivity contribution >= 4 is 5.91 Å². The van der Waals surface area contributed by atoms with E-state index in [2.05, 4.69) is 17.6 Å². The summed E-state index contributed by atoms with van der Waals surface area (Å²) in [6.07, 6.45) is 19.0. The van der Waals surface area contributed by atoms with Crippen molar-refractivity contribution in [3.63, 3.8) is 0 Å². The molecule has 30 heavy (non-hydrogen) atoms. The van der Waals surface area contributed by atoms with Crippen molar-refractivity contribution in [2.45, 2.75) is 103 Å². The van der Waals surface area contributed by atoms with Gasteiger partial charge in [0.15, 0.2) is 0 Å². The van der Waals surface area contributed by atoms with Crippen molar-refractivity contribution in [1.82, 2.24) is 10.6 Å². The first-order valence-corrected chi connectivity index (χ1v) is 12.4. The lowest BCUT2D eigenvalue weighted by Crippen LogP contribution is -2.34. The zero-order valence-corrected chi connectivity index (χ0v) is 19.6. The summed E-state index contributed by atoms with van der Waals surface area (Å²) >= 11 is 0. The smallest absolute Gasteiger partial charge is 0.233 e. The Kier molecular flexibility index (Phi) is 17.1. The summed E-state index contributed by atoms with van der Waals surface area (Å²) < 4.78 is 5.15. The Morgan fingerprint density at radius 2 is 1.27 bits per heavy atom. The van der Waals surface area contributed by atoms with Gasteiger partial charge in [0.05, 0.1) is 13.7 Å². The molecule has 172 valence electrons. The van der Waals surface area contributed by atoms with Gasteiger partial charge in [-0.15, -0.1) is 0 Å². The fourth-order valence-corrected chi connectivity index (χ4v) is 3.67. The van der Waals surface area contributed by atoms with Crippen molar-refractivity contribution < 1.29 is 9.53 Å². The minimum atomic E-state index is 0.0817. The number of hydrogen-bond acceptors (Lipinski definition) is 3. The summed E-state index contributed by atoms with van der Waals surface area (Å²) in [5.74, 6) is 0.933. The van der Waals surface area contributed by atoms with Crippen LogP contribution in [0.1, 0.15) is 102 Å². The van der Waals surface area contributed by atoms with Gasteiger partial charge in [-0.2, -0.15) is 0 Å². The maximum absolute atomic E-state index is 11.9. The third-order valence-corrected chi connectivity index (χ3v) is 5.63. The van der Waals surface area contributed by atoms with Crippen LogP contribution in [0.5, 0.6) is 5.75 Å². The molecule has 0 heterocycles. The SMILES string of the molecule is CCCCCCCCCCCCCCCCNC(=O)CNCc1ccc(OC)cc1.